The molecule has 0 fully saturated rings. The Bertz CT molecular complexity index is 650. The minimum Gasteiger partial charge on any atom is -0.331 e. The Balaban J connectivity index is 1.93. The summed E-state index contributed by atoms with van der Waals surface area (Å²) in [4.78, 5) is 0. The average Bonchev–Trinajstić information content (AvgIpc) is 2.79. The molecule has 2 rings (SSSR count). The maximum absolute atomic E-state index is 5.18. The quantitative estimate of drug-likeness (QED) is 0.451. The molecule has 0 aliphatic carbocycles. The molecular formula is C13H14BrN5S. The lowest BCUT2D eigenvalue weighted by molar-refractivity contribution is 1.04. The van der Waals surface area contributed by atoms with Crippen molar-refractivity contribution in [2.75, 3.05) is 5.32 Å². The summed E-state index contributed by atoms with van der Waals surface area (Å²) in [5.41, 5.74) is 6.84. The van der Waals surface area contributed by atoms with E-state index in [1.807, 2.05) is 19.1 Å². The first-order chi connectivity index (χ1) is 9.56. The second kappa shape index (κ2) is 6.62. The number of anilines is 1. The fourth-order valence-electron chi connectivity index (χ4n) is 1.63. The first kappa shape index (κ1) is 14.7. The molecule has 0 spiro atoms. The number of rotatable bonds is 3. The number of hydrogen-bond acceptors (Lipinski definition) is 3. The highest BCUT2D eigenvalue weighted by molar-refractivity contribution is 9.10. The Morgan fingerprint density at radius 3 is 2.90 bits per heavy atom. The van der Waals surface area contributed by atoms with Gasteiger partial charge in [0.1, 0.15) is 0 Å². The Morgan fingerprint density at radius 1 is 1.45 bits per heavy atom. The van der Waals surface area contributed by atoms with Gasteiger partial charge in [-0.3, -0.25) is 10.5 Å². The lowest BCUT2D eigenvalue weighted by Crippen LogP contribution is -2.24. The van der Waals surface area contributed by atoms with E-state index >= 15 is 0 Å². The molecule has 7 heteroatoms. The van der Waals surface area contributed by atoms with E-state index in [9.17, 15) is 0 Å². The number of halogens is 1. The van der Waals surface area contributed by atoms with Gasteiger partial charge in [-0.05, 0) is 53.6 Å². The van der Waals surface area contributed by atoms with Gasteiger partial charge in [-0.15, -0.1) is 0 Å². The second-order valence-corrected chi connectivity index (χ2v) is 5.54. The van der Waals surface area contributed by atoms with Crippen LogP contribution in [-0.2, 0) is 0 Å². The van der Waals surface area contributed by atoms with Gasteiger partial charge in [-0.25, -0.2) is 0 Å². The number of nitrogens with one attached hydrogen (secondary N) is 3. The van der Waals surface area contributed by atoms with Crippen LogP contribution in [0.2, 0.25) is 0 Å². The normalized spacial score (nSPS) is 10.8. The van der Waals surface area contributed by atoms with E-state index < -0.39 is 0 Å². The first-order valence-corrected chi connectivity index (χ1v) is 7.12. The predicted octanol–water partition coefficient (Wildman–Crippen LogP) is 3.11. The van der Waals surface area contributed by atoms with Crippen LogP contribution in [0.3, 0.4) is 0 Å². The van der Waals surface area contributed by atoms with Gasteiger partial charge in [0.15, 0.2) is 5.11 Å². The van der Waals surface area contributed by atoms with Crippen molar-refractivity contribution < 1.29 is 0 Å². The van der Waals surface area contributed by atoms with Gasteiger partial charge in [0.2, 0.25) is 0 Å². The van der Waals surface area contributed by atoms with Gasteiger partial charge in [0.05, 0.1) is 22.6 Å². The summed E-state index contributed by atoms with van der Waals surface area (Å²) in [7, 11) is 0. The van der Waals surface area contributed by atoms with Crippen LogP contribution in [-0.4, -0.2) is 21.5 Å². The molecule has 0 aliphatic heterocycles. The summed E-state index contributed by atoms with van der Waals surface area (Å²) in [5, 5.41) is 14.2. The topological polar surface area (TPSA) is 65.1 Å². The summed E-state index contributed by atoms with van der Waals surface area (Å²) in [6.07, 6.45) is 3.26. The summed E-state index contributed by atoms with van der Waals surface area (Å²) in [5.74, 6) is 0. The highest BCUT2D eigenvalue weighted by Gasteiger charge is 2.01. The van der Waals surface area contributed by atoms with Crippen LogP contribution in [0.15, 0.2) is 34.0 Å². The van der Waals surface area contributed by atoms with E-state index in [2.05, 4.69) is 55.0 Å². The maximum atomic E-state index is 5.18. The number of aryl methyl sites for hydroxylation is 2. The van der Waals surface area contributed by atoms with Crippen LogP contribution in [0.5, 0.6) is 0 Å². The molecule has 5 nitrogen and oxygen atoms in total. The maximum Gasteiger partial charge on any atom is 0.191 e. The Hall–Kier alpha value is -1.73. The van der Waals surface area contributed by atoms with Gasteiger partial charge in [-0.1, -0.05) is 17.7 Å². The number of aromatic nitrogens is 2. The number of aromatic amines is 1. The molecule has 3 N–H and O–H groups in total. The lowest BCUT2D eigenvalue weighted by atomic mass is 10.1. The van der Waals surface area contributed by atoms with Crippen molar-refractivity contribution in [3.63, 3.8) is 0 Å². The zero-order valence-corrected chi connectivity index (χ0v) is 13.5. The van der Waals surface area contributed by atoms with Crippen LogP contribution in [0.1, 0.15) is 16.8 Å². The lowest BCUT2D eigenvalue weighted by Gasteiger charge is -2.10. The van der Waals surface area contributed by atoms with Crippen molar-refractivity contribution >= 4 is 45.2 Å². The zero-order chi connectivity index (χ0) is 14.5. The van der Waals surface area contributed by atoms with Gasteiger partial charge in [0, 0.05) is 5.69 Å². The smallest absolute Gasteiger partial charge is 0.191 e. The first-order valence-electron chi connectivity index (χ1n) is 5.92. The highest BCUT2D eigenvalue weighted by Crippen LogP contribution is 2.15. The Kier molecular flexibility index (Phi) is 4.86. The Labute approximate surface area is 131 Å². The van der Waals surface area contributed by atoms with Gasteiger partial charge in [-0.2, -0.15) is 10.2 Å². The van der Waals surface area contributed by atoms with E-state index in [1.54, 1.807) is 12.4 Å². The van der Waals surface area contributed by atoms with Gasteiger partial charge >= 0.3 is 0 Å². The van der Waals surface area contributed by atoms with E-state index in [4.69, 9.17) is 12.2 Å². The molecule has 0 saturated carbocycles. The molecule has 0 radical (unpaired) electrons. The van der Waals surface area contributed by atoms with Crippen molar-refractivity contribution in [1.82, 2.24) is 15.6 Å². The molecule has 0 atom stereocenters. The van der Waals surface area contributed by atoms with Crippen LogP contribution >= 0.6 is 28.1 Å². The monoisotopic (exact) mass is 351 g/mol. The third-order valence-corrected chi connectivity index (χ3v) is 3.44. The molecule has 0 amide bonds. The summed E-state index contributed by atoms with van der Waals surface area (Å²) in [6.45, 7) is 4.09. The SMILES string of the molecule is Cc1ccc(NC(=S)NN=Cc2[nH]ncc2Br)c(C)c1. The largest absolute Gasteiger partial charge is 0.331 e. The molecule has 1 aromatic heterocycles. The van der Waals surface area contributed by atoms with E-state index in [0.29, 0.717) is 5.11 Å². The molecule has 20 heavy (non-hydrogen) atoms. The number of hydrogen-bond donors (Lipinski definition) is 3. The van der Waals surface area contributed by atoms with Crippen LogP contribution < -0.4 is 10.7 Å². The molecule has 0 unspecified atom stereocenters. The molecule has 1 heterocycles. The minimum atomic E-state index is 0.434. The van der Waals surface area contributed by atoms with Crippen molar-refractivity contribution in [3.8, 4) is 0 Å². The van der Waals surface area contributed by atoms with Crippen molar-refractivity contribution in [3.05, 3.63) is 45.7 Å². The summed E-state index contributed by atoms with van der Waals surface area (Å²) in [6, 6.07) is 6.12. The number of hydrazone groups is 1. The molecule has 104 valence electrons. The fourth-order valence-corrected chi connectivity index (χ4v) is 2.09. The summed E-state index contributed by atoms with van der Waals surface area (Å²) < 4.78 is 0.844. The van der Waals surface area contributed by atoms with E-state index in [-0.39, 0.29) is 0 Å². The third kappa shape index (κ3) is 3.88. The average molecular weight is 352 g/mol. The van der Waals surface area contributed by atoms with E-state index in [1.165, 1.54) is 5.56 Å². The highest BCUT2D eigenvalue weighted by atomic mass is 79.9. The second-order valence-electron chi connectivity index (χ2n) is 4.27. The van der Waals surface area contributed by atoms with E-state index in [0.717, 1.165) is 21.4 Å². The number of thiocarbonyl (C=S) groups is 1. The van der Waals surface area contributed by atoms with Crippen molar-refractivity contribution in [1.29, 1.82) is 0 Å². The number of H-pyrrole nitrogens is 1. The van der Waals surface area contributed by atoms with Crippen LogP contribution in [0, 0.1) is 13.8 Å². The van der Waals surface area contributed by atoms with Gasteiger partial charge in [0.25, 0.3) is 0 Å². The summed E-state index contributed by atoms with van der Waals surface area (Å²) >= 11 is 8.52. The van der Waals surface area contributed by atoms with Crippen LogP contribution in [0.25, 0.3) is 0 Å². The Morgan fingerprint density at radius 2 is 2.25 bits per heavy atom. The predicted molar refractivity (Wildman–Crippen MR) is 89.2 cm³/mol. The third-order valence-electron chi connectivity index (χ3n) is 2.61. The molecule has 0 bridgehead atoms. The van der Waals surface area contributed by atoms with Gasteiger partial charge < -0.3 is 5.32 Å². The zero-order valence-electron chi connectivity index (χ0n) is 11.1. The minimum absolute atomic E-state index is 0.434. The van der Waals surface area contributed by atoms with Crippen molar-refractivity contribution in [2.24, 2.45) is 5.10 Å². The molecule has 1 aromatic carbocycles. The molecule has 0 aliphatic rings. The number of benzene rings is 1. The molecule has 2 aromatic rings. The van der Waals surface area contributed by atoms with Crippen LogP contribution in [0.4, 0.5) is 5.69 Å². The fraction of sp³-hybridized carbons (Fsp3) is 0.154. The number of nitrogens with zero attached hydrogens (tertiary/aromatic N) is 2. The molecule has 0 saturated heterocycles. The van der Waals surface area contributed by atoms with Crippen molar-refractivity contribution in [2.45, 2.75) is 13.8 Å². The standard InChI is InChI=1S/C13H14BrN5S/c1-8-3-4-11(9(2)5-8)17-13(20)19-16-7-12-10(14)6-15-18-12/h3-7H,1-2H3,(H,15,18)(H2,17,19,20). The molecular weight excluding hydrogens is 338 g/mol.